The highest BCUT2D eigenvalue weighted by Gasteiger charge is 2.28. The normalized spacial score (nSPS) is 14.6. The number of halogens is 1. The van der Waals surface area contributed by atoms with Gasteiger partial charge < -0.3 is 5.32 Å². The molecule has 5 nitrogen and oxygen atoms in total. The first-order valence-corrected chi connectivity index (χ1v) is 9.32. The number of carbonyl (C=O) groups excluding carboxylic acids is 2. The minimum absolute atomic E-state index is 0.105. The van der Waals surface area contributed by atoms with E-state index in [2.05, 4.69) is 10.4 Å². The van der Waals surface area contributed by atoms with E-state index in [9.17, 15) is 14.0 Å². The lowest BCUT2D eigenvalue weighted by Gasteiger charge is -2.27. The van der Waals surface area contributed by atoms with Crippen molar-refractivity contribution in [3.8, 4) is 0 Å². The number of amides is 2. The maximum absolute atomic E-state index is 14.1. The number of hydrogen-bond acceptors (Lipinski definition) is 3. The average molecular weight is 381 g/mol. The Labute approximate surface area is 164 Å². The van der Waals surface area contributed by atoms with E-state index < -0.39 is 5.41 Å². The third-order valence-corrected chi connectivity index (χ3v) is 4.84. The van der Waals surface area contributed by atoms with Crippen molar-refractivity contribution in [3.63, 3.8) is 0 Å². The number of hydrogen-bond donors (Lipinski definition) is 1. The summed E-state index contributed by atoms with van der Waals surface area (Å²) in [6.45, 7) is 4.34. The number of hydrazone groups is 1. The Kier molecular flexibility index (Phi) is 5.87. The van der Waals surface area contributed by atoms with Gasteiger partial charge in [0, 0.05) is 24.8 Å². The van der Waals surface area contributed by atoms with Crippen LogP contribution in [0.5, 0.6) is 0 Å². The summed E-state index contributed by atoms with van der Waals surface area (Å²) in [5.74, 6) is -0.724. The molecule has 1 heterocycles. The second-order valence-corrected chi connectivity index (χ2v) is 7.53. The summed E-state index contributed by atoms with van der Waals surface area (Å²) in [4.78, 5) is 24.7. The van der Waals surface area contributed by atoms with Crippen molar-refractivity contribution in [2.24, 2.45) is 5.10 Å². The molecule has 0 bridgehead atoms. The van der Waals surface area contributed by atoms with Crippen LogP contribution in [-0.4, -0.2) is 29.1 Å². The molecule has 3 rings (SSSR count). The third-order valence-electron chi connectivity index (χ3n) is 4.84. The van der Waals surface area contributed by atoms with Crippen LogP contribution in [0.1, 0.15) is 37.8 Å². The fourth-order valence-electron chi connectivity index (χ4n) is 3.15. The average Bonchev–Trinajstić information content (AvgIpc) is 2.69. The zero-order valence-electron chi connectivity index (χ0n) is 16.1. The molecule has 0 unspecified atom stereocenters. The van der Waals surface area contributed by atoms with E-state index in [1.54, 1.807) is 18.2 Å². The zero-order valence-corrected chi connectivity index (χ0v) is 16.1. The second-order valence-electron chi connectivity index (χ2n) is 7.53. The van der Waals surface area contributed by atoms with Gasteiger partial charge in [0.05, 0.1) is 6.54 Å². The lowest BCUT2D eigenvalue weighted by molar-refractivity contribution is -0.132. The summed E-state index contributed by atoms with van der Waals surface area (Å²) >= 11 is 0. The van der Waals surface area contributed by atoms with Crippen LogP contribution >= 0.6 is 0 Å². The monoisotopic (exact) mass is 381 g/mol. The first kappa shape index (κ1) is 19.7. The van der Waals surface area contributed by atoms with E-state index in [4.69, 9.17) is 0 Å². The van der Waals surface area contributed by atoms with E-state index >= 15 is 0 Å². The molecule has 1 aliphatic rings. The standard InChI is InChI=1S/C22H24FN3O2/c1-22(2,17-10-6-7-11-18(17)23)15-24-21(28)19-12-13-20(27)26(25-19)14-16-8-4-3-5-9-16/h3-11H,12-15H2,1-2H3,(H,24,28). The van der Waals surface area contributed by atoms with Gasteiger partial charge in [-0.1, -0.05) is 62.4 Å². The quantitative estimate of drug-likeness (QED) is 0.834. The van der Waals surface area contributed by atoms with Gasteiger partial charge in [0.25, 0.3) is 5.91 Å². The predicted octanol–water partition coefficient (Wildman–Crippen LogP) is 3.40. The molecule has 2 aromatic rings. The highest BCUT2D eigenvalue weighted by Crippen LogP contribution is 2.25. The lowest BCUT2D eigenvalue weighted by Crippen LogP contribution is -2.43. The van der Waals surface area contributed by atoms with Crippen LogP contribution in [0, 0.1) is 5.82 Å². The molecular formula is C22H24FN3O2. The van der Waals surface area contributed by atoms with Gasteiger partial charge in [-0.3, -0.25) is 9.59 Å². The Hall–Kier alpha value is -3.02. The van der Waals surface area contributed by atoms with Crippen molar-refractivity contribution in [3.05, 3.63) is 71.5 Å². The number of benzene rings is 2. The zero-order chi connectivity index (χ0) is 20.1. The topological polar surface area (TPSA) is 61.8 Å². The maximum atomic E-state index is 14.1. The van der Waals surface area contributed by atoms with Crippen LogP contribution in [0.25, 0.3) is 0 Å². The third kappa shape index (κ3) is 4.63. The molecule has 1 N–H and O–H groups in total. The first-order chi connectivity index (χ1) is 13.4. The van der Waals surface area contributed by atoms with Crippen molar-refractivity contribution in [1.29, 1.82) is 0 Å². The molecule has 6 heteroatoms. The van der Waals surface area contributed by atoms with Crippen LogP contribution in [0.15, 0.2) is 59.7 Å². The SMILES string of the molecule is CC(C)(CNC(=O)C1=NN(Cc2ccccc2)C(=O)CC1)c1ccccc1F. The number of nitrogens with one attached hydrogen (secondary N) is 1. The van der Waals surface area contributed by atoms with Crippen LogP contribution in [0.2, 0.25) is 0 Å². The van der Waals surface area contributed by atoms with Crippen LogP contribution in [-0.2, 0) is 21.5 Å². The molecule has 0 atom stereocenters. The largest absolute Gasteiger partial charge is 0.350 e. The van der Waals surface area contributed by atoms with Crippen molar-refractivity contribution in [1.82, 2.24) is 10.3 Å². The van der Waals surface area contributed by atoms with Crippen molar-refractivity contribution < 1.29 is 14.0 Å². The summed E-state index contributed by atoms with van der Waals surface area (Å²) in [7, 11) is 0. The van der Waals surface area contributed by atoms with Crippen LogP contribution in [0.4, 0.5) is 4.39 Å². The minimum Gasteiger partial charge on any atom is -0.350 e. The minimum atomic E-state index is -0.574. The molecule has 28 heavy (non-hydrogen) atoms. The molecule has 0 saturated carbocycles. The summed E-state index contributed by atoms with van der Waals surface area (Å²) in [5, 5.41) is 8.45. The second kappa shape index (κ2) is 8.33. The summed E-state index contributed by atoms with van der Waals surface area (Å²) < 4.78 is 14.1. The molecular weight excluding hydrogens is 357 g/mol. The molecule has 0 fully saturated rings. The fourth-order valence-corrected chi connectivity index (χ4v) is 3.15. The molecule has 0 aliphatic carbocycles. The predicted molar refractivity (Wildman–Crippen MR) is 106 cm³/mol. The molecule has 1 aliphatic heterocycles. The molecule has 2 amide bonds. The molecule has 0 radical (unpaired) electrons. The summed E-state index contributed by atoms with van der Waals surface area (Å²) in [6.07, 6.45) is 0.547. The van der Waals surface area contributed by atoms with Gasteiger partial charge >= 0.3 is 0 Å². The Morgan fingerprint density at radius 1 is 1.11 bits per heavy atom. The fraction of sp³-hybridized carbons (Fsp3) is 0.318. The van der Waals surface area contributed by atoms with E-state index in [1.807, 2.05) is 44.2 Å². The summed E-state index contributed by atoms with van der Waals surface area (Å²) in [5.41, 5.74) is 1.24. The molecule has 0 aromatic heterocycles. The van der Waals surface area contributed by atoms with Gasteiger partial charge in [-0.15, -0.1) is 0 Å². The van der Waals surface area contributed by atoms with Crippen LogP contribution in [0.3, 0.4) is 0 Å². The van der Waals surface area contributed by atoms with E-state index in [1.165, 1.54) is 11.1 Å². The van der Waals surface area contributed by atoms with Gasteiger partial charge in [-0.25, -0.2) is 9.40 Å². The number of nitrogens with zero attached hydrogens (tertiary/aromatic N) is 2. The lowest BCUT2D eigenvalue weighted by atomic mass is 9.84. The van der Waals surface area contributed by atoms with E-state index in [-0.39, 0.29) is 30.6 Å². The van der Waals surface area contributed by atoms with Crippen molar-refractivity contribution >= 4 is 17.5 Å². The van der Waals surface area contributed by atoms with E-state index in [0.29, 0.717) is 24.2 Å². The molecule has 146 valence electrons. The smallest absolute Gasteiger partial charge is 0.267 e. The van der Waals surface area contributed by atoms with Crippen LogP contribution < -0.4 is 5.32 Å². The Balaban J connectivity index is 1.67. The Bertz CT molecular complexity index is 894. The van der Waals surface area contributed by atoms with Gasteiger partial charge in [-0.2, -0.15) is 5.10 Å². The van der Waals surface area contributed by atoms with Gasteiger partial charge in [0.15, 0.2) is 0 Å². The number of carbonyl (C=O) groups is 2. The molecule has 0 saturated heterocycles. The Morgan fingerprint density at radius 2 is 1.79 bits per heavy atom. The molecule has 0 spiro atoms. The van der Waals surface area contributed by atoms with Crippen molar-refractivity contribution in [2.75, 3.05) is 6.54 Å². The first-order valence-electron chi connectivity index (χ1n) is 9.32. The summed E-state index contributed by atoms with van der Waals surface area (Å²) in [6, 6.07) is 16.1. The van der Waals surface area contributed by atoms with E-state index in [0.717, 1.165) is 5.56 Å². The number of rotatable bonds is 6. The highest BCUT2D eigenvalue weighted by molar-refractivity contribution is 6.39. The van der Waals surface area contributed by atoms with Gasteiger partial charge in [0.1, 0.15) is 11.5 Å². The Morgan fingerprint density at radius 3 is 2.50 bits per heavy atom. The molecule has 2 aromatic carbocycles. The van der Waals surface area contributed by atoms with Crippen molar-refractivity contribution in [2.45, 2.75) is 38.6 Å². The van der Waals surface area contributed by atoms with Gasteiger partial charge in [0.2, 0.25) is 5.91 Å². The van der Waals surface area contributed by atoms with Gasteiger partial charge in [-0.05, 0) is 17.2 Å². The highest BCUT2D eigenvalue weighted by atomic mass is 19.1. The maximum Gasteiger partial charge on any atom is 0.267 e.